The van der Waals surface area contributed by atoms with Crippen LogP contribution in [-0.2, 0) is 16.4 Å². The molecule has 3 aliphatic carbocycles. The Hall–Kier alpha value is -7.25. The first-order valence-corrected chi connectivity index (χ1v) is 23.5. The fourth-order valence-corrected chi connectivity index (χ4v) is 16.0. The molecule has 5 aliphatic rings. The van der Waals surface area contributed by atoms with Crippen LogP contribution in [0.15, 0.2) is 188 Å². The number of nitrogens with zero attached hydrogens (tertiary/aromatic N) is 1. The molecule has 15 rings (SSSR count). The normalized spacial score (nSPS) is 19.1. The van der Waals surface area contributed by atoms with E-state index in [0.717, 1.165) is 45.4 Å². The van der Waals surface area contributed by atoms with Gasteiger partial charge in [-0.25, -0.2) is 0 Å². The third-order valence-corrected chi connectivity index (χ3v) is 18.2. The van der Waals surface area contributed by atoms with Crippen LogP contribution in [0.5, 0.6) is 0 Å². The van der Waals surface area contributed by atoms with Crippen molar-refractivity contribution in [3.63, 3.8) is 0 Å². The van der Waals surface area contributed by atoms with Gasteiger partial charge >= 0.3 is 0 Å². The number of benzene rings is 9. The van der Waals surface area contributed by atoms with Gasteiger partial charge in [0.2, 0.25) is 0 Å². The van der Waals surface area contributed by atoms with E-state index in [1.54, 1.807) is 0 Å². The van der Waals surface area contributed by atoms with Crippen LogP contribution >= 0.6 is 7.14 Å². The fraction of sp³-hybridized carbons (Fsp3) is 0.0508. The van der Waals surface area contributed by atoms with Crippen molar-refractivity contribution in [2.75, 3.05) is 0 Å². The second-order valence-electron chi connectivity index (χ2n) is 17.7. The maximum absolute atomic E-state index is 16.8. The molecule has 1 spiro atoms. The van der Waals surface area contributed by atoms with Crippen molar-refractivity contribution in [3.05, 3.63) is 227 Å². The van der Waals surface area contributed by atoms with Crippen molar-refractivity contribution in [2.45, 2.75) is 18.3 Å². The van der Waals surface area contributed by atoms with Crippen LogP contribution < -0.4 is 15.9 Å². The Morgan fingerprint density at radius 1 is 0.532 bits per heavy atom. The molecule has 0 saturated carbocycles. The number of hydrogen-bond donors (Lipinski definition) is 0. The molecule has 3 heterocycles. The maximum Gasteiger partial charge on any atom is 0.172 e. The van der Waals surface area contributed by atoms with Gasteiger partial charge in [-0.1, -0.05) is 176 Å². The summed E-state index contributed by atoms with van der Waals surface area (Å²) in [4.78, 5) is 0. The standard InChI is InChI=1S/C59H36NOP/c61-62(39-14-2-1-3-15-39)53-23-9-5-17-42(53)45-31-33-49-56(58(45)62)46-34-38(40-29-26-37-25-24-35-12-10-13-36-27-30-43(40)55(37)54(35)36)28-32-47(46)59(49)48-19-6-8-22-52(48)60-51-21-7-4-16-41(51)44-18-11-20-50(59)57(44)60/h1-11,13-24,26-34H,12,25H2/t59?,62-/m0/s1. The van der Waals surface area contributed by atoms with Crippen LogP contribution in [0.1, 0.15) is 45.4 Å². The Kier molecular flexibility index (Phi) is 6.24. The summed E-state index contributed by atoms with van der Waals surface area (Å²) in [5.41, 5.74) is 20.3. The quantitative estimate of drug-likeness (QED) is 0.160. The summed E-state index contributed by atoms with van der Waals surface area (Å²) in [6.07, 6.45) is 8.97. The van der Waals surface area contributed by atoms with Crippen LogP contribution in [0.25, 0.3) is 83.3 Å². The van der Waals surface area contributed by atoms with Crippen LogP contribution in [0.3, 0.4) is 0 Å². The highest BCUT2D eigenvalue weighted by Gasteiger charge is 2.54. The zero-order valence-electron chi connectivity index (χ0n) is 33.7. The molecule has 9 aromatic carbocycles. The zero-order valence-corrected chi connectivity index (χ0v) is 34.6. The number of fused-ring (bicyclic) bond motifs is 16. The lowest BCUT2D eigenvalue weighted by Gasteiger charge is -2.39. The highest BCUT2D eigenvalue weighted by molar-refractivity contribution is 7.86. The van der Waals surface area contributed by atoms with Gasteiger partial charge in [-0.2, -0.15) is 0 Å². The minimum atomic E-state index is -3.36. The Balaban J connectivity index is 1.11. The van der Waals surface area contributed by atoms with Crippen LogP contribution in [-0.4, -0.2) is 4.57 Å². The topological polar surface area (TPSA) is 22.0 Å². The molecule has 0 saturated heterocycles. The fourth-order valence-electron chi connectivity index (χ4n) is 12.7. The molecule has 288 valence electrons. The Morgan fingerprint density at radius 3 is 2.27 bits per heavy atom. The molecule has 1 unspecified atom stereocenters. The molecule has 0 radical (unpaired) electrons. The molecular weight excluding hydrogens is 770 g/mol. The lowest BCUT2D eigenvalue weighted by Crippen LogP contribution is -2.34. The van der Waals surface area contributed by atoms with E-state index in [2.05, 4.69) is 181 Å². The smallest absolute Gasteiger partial charge is 0.172 e. The lowest BCUT2D eigenvalue weighted by molar-refractivity contribution is 0.593. The molecule has 0 amide bonds. The Labute approximate surface area is 359 Å². The summed E-state index contributed by atoms with van der Waals surface area (Å²) in [6, 6.07) is 64.9. The van der Waals surface area contributed by atoms with Gasteiger partial charge in [-0.3, -0.25) is 0 Å². The molecule has 10 aromatic rings. The van der Waals surface area contributed by atoms with Gasteiger partial charge in [0, 0.05) is 26.7 Å². The van der Waals surface area contributed by atoms with Crippen molar-refractivity contribution in [1.29, 1.82) is 0 Å². The molecule has 62 heavy (non-hydrogen) atoms. The van der Waals surface area contributed by atoms with Gasteiger partial charge in [0.1, 0.15) is 0 Å². The van der Waals surface area contributed by atoms with Crippen molar-refractivity contribution in [2.24, 2.45) is 0 Å². The summed E-state index contributed by atoms with van der Waals surface area (Å²) >= 11 is 0. The van der Waals surface area contributed by atoms with E-state index >= 15 is 4.57 Å². The second-order valence-corrected chi connectivity index (χ2v) is 20.4. The average Bonchev–Trinajstić information content (AvgIpc) is 3.93. The molecule has 1 aromatic heterocycles. The highest BCUT2D eigenvalue weighted by atomic mass is 31.2. The first-order valence-electron chi connectivity index (χ1n) is 21.8. The first kappa shape index (κ1) is 33.5. The third kappa shape index (κ3) is 3.80. The van der Waals surface area contributed by atoms with Crippen molar-refractivity contribution in [3.8, 4) is 39.1 Å². The van der Waals surface area contributed by atoms with Gasteiger partial charge in [0.25, 0.3) is 0 Å². The number of rotatable bonds is 2. The lowest BCUT2D eigenvalue weighted by atomic mass is 9.65. The molecule has 2 aliphatic heterocycles. The predicted octanol–water partition coefficient (Wildman–Crippen LogP) is 13.3. The van der Waals surface area contributed by atoms with Gasteiger partial charge in [-0.15, -0.1) is 0 Å². The van der Waals surface area contributed by atoms with Crippen molar-refractivity contribution < 1.29 is 4.57 Å². The maximum atomic E-state index is 16.8. The molecule has 0 N–H and O–H groups in total. The SMILES string of the molecule is O=[P@@]1(c2ccccc2)c2ccccc2-c2ccc3c(c21)-c1cc(-c2ccc4c5c6c(ccc25)C=CCC6=CC4)ccc1C31c2ccccc2-n2c3ccccc3c3cccc1c32. The molecule has 3 heteroatoms. The minimum absolute atomic E-state index is 0.674. The van der Waals surface area contributed by atoms with E-state index in [-0.39, 0.29) is 0 Å². The third-order valence-electron chi connectivity index (χ3n) is 15.0. The Morgan fingerprint density at radius 2 is 1.32 bits per heavy atom. The van der Waals surface area contributed by atoms with Crippen LogP contribution in [0.2, 0.25) is 0 Å². The van der Waals surface area contributed by atoms with E-state index in [9.17, 15) is 0 Å². The summed E-state index contributed by atoms with van der Waals surface area (Å²) in [5.74, 6) is 0. The monoisotopic (exact) mass is 805 g/mol. The average molecular weight is 806 g/mol. The molecule has 2 atom stereocenters. The Bertz CT molecular complexity index is 3840. The van der Waals surface area contributed by atoms with E-state index in [1.807, 2.05) is 18.2 Å². The summed E-state index contributed by atoms with van der Waals surface area (Å²) in [7, 11) is -3.36. The van der Waals surface area contributed by atoms with Gasteiger partial charge in [-0.05, 0) is 120 Å². The van der Waals surface area contributed by atoms with Crippen LogP contribution in [0.4, 0.5) is 0 Å². The van der Waals surface area contributed by atoms with E-state index in [0.29, 0.717) is 0 Å². The zero-order chi connectivity index (χ0) is 40.5. The van der Waals surface area contributed by atoms with E-state index in [1.165, 1.54) is 99.5 Å². The second kappa shape index (κ2) is 11.6. The number of allylic oxidation sites excluding steroid dienone is 3. The van der Waals surface area contributed by atoms with Gasteiger partial charge in [0.05, 0.1) is 22.1 Å². The van der Waals surface area contributed by atoms with Gasteiger partial charge < -0.3 is 9.13 Å². The summed E-state index contributed by atoms with van der Waals surface area (Å²) in [6.45, 7) is 0. The summed E-state index contributed by atoms with van der Waals surface area (Å²) < 4.78 is 19.3. The molecule has 0 bridgehead atoms. The van der Waals surface area contributed by atoms with E-state index < -0.39 is 12.6 Å². The van der Waals surface area contributed by atoms with Crippen molar-refractivity contribution in [1.82, 2.24) is 4.57 Å². The number of hydrogen-bond acceptors (Lipinski definition) is 1. The van der Waals surface area contributed by atoms with Gasteiger partial charge in [0.15, 0.2) is 7.14 Å². The van der Waals surface area contributed by atoms with Crippen LogP contribution in [0, 0.1) is 0 Å². The molecular formula is C59H36NOP. The predicted molar refractivity (Wildman–Crippen MR) is 258 cm³/mol. The van der Waals surface area contributed by atoms with Crippen molar-refractivity contribution >= 4 is 67.3 Å². The van der Waals surface area contributed by atoms with E-state index in [4.69, 9.17) is 0 Å². The molecule has 0 fully saturated rings. The first-order chi connectivity index (χ1) is 30.7. The minimum Gasteiger partial charge on any atom is -0.309 e. The summed E-state index contributed by atoms with van der Waals surface area (Å²) in [5, 5.41) is 7.97. The number of aromatic nitrogens is 1. The number of para-hydroxylation sites is 3. The highest BCUT2D eigenvalue weighted by Crippen LogP contribution is 2.65. The largest absolute Gasteiger partial charge is 0.309 e. The molecule has 2 nitrogen and oxygen atoms in total.